The molecule has 1 aliphatic rings. The predicted octanol–water partition coefficient (Wildman–Crippen LogP) is 3.32. The summed E-state index contributed by atoms with van der Waals surface area (Å²) in [6.45, 7) is 3.01. The summed E-state index contributed by atoms with van der Waals surface area (Å²) in [5, 5.41) is 0. The molecule has 0 saturated carbocycles. The van der Waals surface area contributed by atoms with Crippen LogP contribution in [0.3, 0.4) is 0 Å². The third-order valence-electron chi connectivity index (χ3n) is 4.14. The van der Waals surface area contributed by atoms with E-state index in [2.05, 4.69) is 16.7 Å². The van der Waals surface area contributed by atoms with Crippen LogP contribution >= 0.6 is 0 Å². The molecule has 2 aromatic rings. The minimum atomic E-state index is -3.41. The number of fused-ring (bicyclic) bond motifs is 1. The molecule has 5 heteroatoms. The summed E-state index contributed by atoms with van der Waals surface area (Å²) >= 11 is 0. The molecule has 1 N–H and O–H groups in total. The Morgan fingerprint density at radius 2 is 2.00 bits per heavy atom. The van der Waals surface area contributed by atoms with Crippen LogP contribution in [0.1, 0.15) is 23.1 Å². The lowest BCUT2D eigenvalue weighted by atomic mass is 10.0. The maximum Gasteiger partial charge on any atom is 0.236 e. The molecule has 122 valence electrons. The Kier molecular flexibility index (Phi) is 4.31. The molecule has 1 aliphatic heterocycles. The van der Waals surface area contributed by atoms with Crippen molar-refractivity contribution in [3.63, 3.8) is 0 Å². The molecule has 0 saturated heterocycles. The highest BCUT2D eigenvalue weighted by molar-refractivity contribution is 7.91. The second-order valence-electron chi connectivity index (χ2n) is 6.22. The van der Waals surface area contributed by atoms with Crippen molar-refractivity contribution in [2.24, 2.45) is 0 Å². The van der Waals surface area contributed by atoms with E-state index in [1.165, 1.54) is 11.3 Å². The fourth-order valence-electron chi connectivity index (χ4n) is 3.09. The largest absolute Gasteiger partial charge is 0.374 e. The molecule has 1 heterocycles. The van der Waals surface area contributed by atoms with Gasteiger partial charge in [-0.25, -0.2) is 8.42 Å². The van der Waals surface area contributed by atoms with Gasteiger partial charge < -0.3 is 4.90 Å². The predicted molar refractivity (Wildman–Crippen MR) is 95.5 cm³/mol. The summed E-state index contributed by atoms with van der Waals surface area (Å²) in [5.74, 6) is -0.00827. The van der Waals surface area contributed by atoms with Gasteiger partial charge in [0.25, 0.3) is 0 Å². The first-order valence-electron chi connectivity index (χ1n) is 7.83. The van der Waals surface area contributed by atoms with E-state index >= 15 is 0 Å². The highest BCUT2D eigenvalue weighted by atomic mass is 32.2. The standard InChI is InChI=1S/C18H22N2O2S/c1-14-5-3-6-15(11-14)13-23(21,22)19-17-8-9-18-16(12-17)7-4-10-20(18)2/h3,5-6,8-9,11-12,19H,4,7,10,13H2,1-2H3. The van der Waals surface area contributed by atoms with Crippen molar-refractivity contribution in [3.05, 3.63) is 59.2 Å². The van der Waals surface area contributed by atoms with Crippen molar-refractivity contribution in [1.29, 1.82) is 0 Å². The van der Waals surface area contributed by atoms with E-state index in [0.29, 0.717) is 5.69 Å². The quantitative estimate of drug-likeness (QED) is 0.935. The zero-order valence-corrected chi connectivity index (χ0v) is 14.4. The van der Waals surface area contributed by atoms with Crippen LogP contribution in [0.5, 0.6) is 0 Å². The summed E-state index contributed by atoms with van der Waals surface area (Å²) < 4.78 is 27.5. The fourth-order valence-corrected chi connectivity index (χ4v) is 4.26. The van der Waals surface area contributed by atoms with Gasteiger partial charge >= 0.3 is 0 Å². The van der Waals surface area contributed by atoms with Crippen molar-refractivity contribution in [1.82, 2.24) is 0 Å². The summed E-state index contributed by atoms with van der Waals surface area (Å²) in [4.78, 5) is 2.21. The number of hydrogen-bond donors (Lipinski definition) is 1. The van der Waals surface area contributed by atoms with Crippen molar-refractivity contribution < 1.29 is 8.42 Å². The number of benzene rings is 2. The Morgan fingerprint density at radius 1 is 1.17 bits per heavy atom. The average molecular weight is 330 g/mol. The maximum absolute atomic E-state index is 12.4. The smallest absolute Gasteiger partial charge is 0.236 e. The Hall–Kier alpha value is -2.01. The number of nitrogens with zero attached hydrogens (tertiary/aromatic N) is 1. The molecule has 0 aromatic heterocycles. The Morgan fingerprint density at radius 3 is 2.78 bits per heavy atom. The van der Waals surface area contributed by atoms with Gasteiger partial charge in [0.1, 0.15) is 0 Å². The molecule has 0 atom stereocenters. The van der Waals surface area contributed by atoms with E-state index in [-0.39, 0.29) is 5.75 Å². The second-order valence-corrected chi connectivity index (χ2v) is 7.94. The van der Waals surface area contributed by atoms with E-state index in [9.17, 15) is 8.42 Å². The Labute approximate surface area is 138 Å². The van der Waals surface area contributed by atoms with Gasteiger partial charge in [-0.3, -0.25) is 4.72 Å². The first-order valence-corrected chi connectivity index (χ1v) is 9.48. The third kappa shape index (κ3) is 3.85. The van der Waals surface area contributed by atoms with Crippen LogP contribution in [-0.4, -0.2) is 22.0 Å². The summed E-state index contributed by atoms with van der Waals surface area (Å²) in [6, 6.07) is 13.4. The van der Waals surface area contributed by atoms with Crippen LogP contribution < -0.4 is 9.62 Å². The Balaban J connectivity index is 1.78. The number of aryl methyl sites for hydroxylation is 2. The molecule has 3 rings (SSSR count). The molecule has 0 radical (unpaired) electrons. The van der Waals surface area contributed by atoms with Crippen molar-refractivity contribution in [2.75, 3.05) is 23.2 Å². The molecule has 4 nitrogen and oxygen atoms in total. The van der Waals surface area contributed by atoms with Crippen LogP contribution in [0.25, 0.3) is 0 Å². The van der Waals surface area contributed by atoms with Crippen molar-refractivity contribution in [3.8, 4) is 0 Å². The summed E-state index contributed by atoms with van der Waals surface area (Å²) in [6.07, 6.45) is 2.09. The molecular weight excluding hydrogens is 308 g/mol. The van der Waals surface area contributed by atoms with Gasteiger partial charge in [-0.05, 0) is 49.1 Å². The first kappa shape index (κ1) is 15.9. The van der Waals surface area contributed by atoms with Crippen LogP contribution in [0.2, 0.25) is 0 Å². The van der Waals surface area contributed by atoms with Crippen LogP contribution in [0, 0.1) is 6.92 Å². The monoisotopic (exact) mass is 330 g/mol. The molecule has 0 bridgehead atoms. The van der Waals surface area contributed by atoms with E-state index < -0.39 is 10.0 Å². The molecule has 23 heavy (non-hydrogen) atoms. The van der Waals surface area contributed by atoms with Gasteiger partial charge in [0.15, 0.2) is 0 Å². The van der Waals surface area contributed by atoms with Gasteiger partial charge in [-0.15, -0.1) is 0 Å². The zero-order chi connectivity index (χ0) is 16.4. The Bertz CT molecular complexity index is 816. The molecule has 0 amide bonds. The average Bonchev–Trinajstić information content (AvgIpc) is 2.46. The van der Waals surface area contributed by atoms with Crippen molar-refractivity contribution >= 4 is 21.4 Å². The van der Waals surface area contributed by atoms with Gasteiger partial charge in [-0.1, -0.05) is 29.8 Å². The van der Waals surface area contributed by atoms with E-state index in [4.69, 9.17) is 0 Å². The number of sulfonamides is 1. The van der Waals surface area contributed by atoms with Crippen molar-refractivity contribution in [2.45, 2.75) is 25.5 Å². The lowest BCUT2D eigenvalue weighted by molar-refractivity contribution is 0.600. The summed E-state index contributed by atoms with van der Waals surface area (Å²) in [7, 11) is -1.34. The molecule has 0 unspecified atom stereocenters. The fraction of sp³-hybridized carbons (Fsp3) is 0.333. The topological polar surface area (TPSA) is 49.4 Å². The van der Waals surface area contributed by atoms with E-state index in [0.717, 1.165) is 30.5 Å². The number of rotatable bonds is 4. The van der Waals surface area contributed by atoms with Crippen LogP contribution in [0.4, 0.5) is 11.4 Å². The highest BCUT2D eigenvalue weighted by Crippen LogP contribution is 2.29. The molecule has 2 aromatic carbocycles. The normalized spacial score (nSPS) is 14.4. The maximum atomic E-state index is 12.4. The SMILES string of the molecule is Cc1cccc(CS(=O)(=O)Nc2ccc3c(c2)CCCN3C)c1. The zero-order valence-electron chi connectivity index (χ0n) is 13.5. The van der Waals surface area contributed by atoms with E-state index in [1.54, 1.807) is 0 Å². The third-order valence-corrected chi connectivity index (χ3v) is 5.40. The summed E-state index contributed by atoms with van der Waals surface area (Å²) in [5.41, 5.74) is 4.91. The second kappa shape index (κ2) is 6.24. The number of hydrogen-bond acceptors (Lipinski definition) is 3. The van der Waals surface area contributed by atoms with Gasteiger partial charge in [0.2, 0.25) is 10.0 Å². The molecule has 0 spiro atoms. The molecule has 0 aliphatic carbocycles. The number of nitrogens with one attached hydrogen (secondary N) is 1. The molecular formula is C18H22N2O2S. The minimum Gasteiger partial charge on any atom is -0.374 e. The van der Waals surface area contributed by atoms with Gasteiger partial charge in [0.05, 0.1) is 5.75 Å². The number of anilines is 2. The minimum absolute atomic E-state index is 0.00827. The highest BCUT2D eigenvalue weighted by Gasteiger charge is 2.16. The lowest BCUT2D eigenvalue weighted by Gasteiger charge is -2.27. The van der Waals surface area contributed by atoms with Gasteiger partial charge in [-0.2, -0.15) is 0 Å². The lowest BCUT2D eigenvalue weighted by Crippen LogP contribution is -2.24. The van der Waals surface area contributed by atoms with E-state index in [1.807, 2.05) is 49.4 Å². The van der Waals surface area contributed by atoms with Gasteiger partial charge in [0, 0.05) is 25.0 Å². The molecule has 0 fully saturated rings. The van der Waals surface area contributed by atoms with Crippen LogP contribution in [0.15, 0.2) is 42.5 Å². The van der Waals surface area contributed by atoms with Crippen LogP contribution in [-0.2, 0) is 22.2 Å². The first-order chi connectivity index (χ1) is 10.9.